The van der Waals surface area contributed by atoms with Crippen molar-refractivity contribution in [1.29, 1.82) is 0 Å². The third-order valence-corrected chi connectivity index (χ3v) is 2.36. The lowest BCUT2D eigenvalue weighted by molar-refractivity contribution is -0.0807. The standard InChI is InChI=1S/C9H16O5/c1-2-3-6-7(12)8(13)9(14-6)5(11)4-10/h2,5-13H,1,3-4H2/t5-,6+,7+,8-,9+/m1/s1. The highest BCUT2D eigenvalue weighted by molar-refractivity contribution is 4.95. The Bertz CT molecular complexity index is 196. The maximum absolute atomic E-state index is 9.49. The van der Waals surface area contributed by atoms with Crippen LogP contribution in [0.5, 0.6) is 0 Å². The van der Waals surface area contributed by atoms with Crippen molar-refractivity contribution in [3.63, 3.8) is 0 Å². The molecule has 0 aromatic rings. The van der Waals surface area contributed by atoms with E-state index >= 15 is 0 Å². The van der Waals surface area contributed by atoms with Crippen LogP contribution in [0.2, 0.25) is 0 Å². The highest BCUT2D eigenvalue weighted by atomic mass is 16.6. The van der Waals surface area contributed by atoms with Gasteiger partial charge < -0.3 is 25.2 Å². The molecule has 1 saturated heterocycles. The maximum Gasteiger partial charge on any atom is 0.115 e. The van der Waals surface area contributed by atoms with Gasteiger partial charge >= 0.3 is 0 Å². The lowest BCUT2D eigenvalue weighted by atomic mass is 10.0. The summed E-state index contributed by atoms with van der Waals surface area (Å²) in [5, 5.41) is 36.9. The molecule has 1 heterocycles. The number of aliphatic hydroxyl groups excluding tert-OH is 4. The lowest BCUT2D eigenvalue weighted by Crippen LogP contribution is -2.40. The van der Waals surface area contributed by atoms with Crippen molar-refractivity contribution in [2.24, 2.45) is 0 Å². The Hall–Kier alpha value is -0.460. The Balaban J connectivity index is 2.61. The minimum Gasteiger partial charge on any atom is -0.394 e. The summed E-state index contributed by atoms with van der Waals surface area (Å²) in [5.41, 5.74) is 0. The first-order valence-corrected chi connectivity index (χ1v) is 4.53. The van der Waals surface area contributed by atoms with Crippen molar-refractivity contribution in [2.75, 3.05) is 6.61 Å². The quantitative estimate of drug-likeness (QED) is 0.414. The van der Waals surface area contributed by atoms with Crippen LogP contribution in [0.1, 0.15) is 6.42 Å². The average Bonchev–Trinajstić information content (AvgIpc) is 2.46. The fourth-order valence-electron chi connectivity index (χ4n) is 1.56. The van der Waals surface area contributed by atoms with E-state index in [-0.39, 0.29) is 0 Å². The molecule has 1 aliphatic heterocycles. The maximum atomic E-state index is 9.49. The third-order valence-electron chi connectivity index (χ3n) is 2.36. The second-order valence-corrected chi connectivity index (χ2v) is 3.39. The molecule has 4 N–H and O–H groups in total. The molecule has 5 nitrogen and oxygen atoms in total. The van der Waals surface area contributed by atoms with E-state index < -0.39 is 37.1 Å². The van der Waals surface area contributed by atoms with E-state index in [0.717, 1.165) is 0 Å². The van der Waals surface area contributed by atoms with Gasteiger partial charge in [0.15, 0.2) is 0 Å². The Morgan fingerprint density at radius 1 is 1.36 bits per heavy atom. The minimum absolute atomic E-state index is 0.396. The molecule has 14 heavy (non-hydrogen) atoms. The smallest absolute Gasteiger partial charge is 0.115 e. The zero-order valence-electron chi connectivity index (χ0n) is 7.78. The second kappa shape index (κ2) is 4.86. The topological polar surface area (TPSA) is 90.2 Å². The summed E-state index contributed by atoms with van der Waals surface area (Å²) in [7, 11) is 0. The number of hydrogen-bond donors (Lipinski definition) is 4. The predicted molar refractivity (Wildman–Crippen MR) is 48.6 cm³/mol. The first-order valence-electron chi connectivity index (χ1n) is 4.53. The SMILES string of the molecule is C=CC[C@@H]1O[C@@H]([C@H](O)CO)[C@H](O)[C@H]1O. The van der Waals surface area contributed by atoms with Gasteiger partial charge in [0, 0.05) is 0 Å². The molecule has 0 spiro atoms. The summed E-state index contributed by atoms with van der Waals surface area (Å²) >= 11 is 0. The highest BCUT2D eigenvalue weighted by Gasteiger charge is 2.44. The van der Waals surface area contributed by atoms with E-state index in [1.165, 1.54) is 0 Å². The van der Waals surface area contributed by atoms with E-state index in [9.17, 15) is 15.3 Å². The molecule has 0 aromatic heterocycles. The van der Waals surface area contributed by atoms with Gasteiger partial charge in [0.25, 0.3) is 0 Å². The van der Waals surface area contributed by atoms with Crippen LogP contribution < -0.4 is 0 Å². The van der Waals surface area contributed by atoms with E-state index in [0.29, 0.717) is 6.42 Å². The van der Waals surface area contributed by atoms with Gasteiger partial charge in [-0.05, 0) is 6.42 Å². The number of ether oxygens (including phenoxy) is 1. The zero-order chi connectivity index (χ0) is 10.7. The van der Waals surface area contributed by atoms with Gasteiger partial charge in [-0.3, -0.25) is 0 Å². The van der Waals surface area contributed by atoms with Gasteiger partial charge in [-0.1, -0.05) is 6.08 Å². The van der Waals surface area contributed by atoms with Crippen molar-refractivity contribution >= 4 is 0 Å². The van der Waals surface area contributed by atoms with Gasteiger partial charge in [0.1, 0.15) is 24.4 Å². The fraction of sp³-hybridized carbons (Fsp3) is 0.778. The van der Waals surface area contributed by atoms with E-state index in [1.54, 1.807) is 6.08 Å². The van der Waals surface area contributed by atoms with Gasteiger partial charge in [-0.15, -0.1) is 6.58 Å². The summed E-state index contributed by atoms with van der Waals surface area (Å²) in [6.45, 7) is 2.98. The van der Waals surface area contributed by atoms with E-state index in [4.69, 9.17) is 9.84 Å². The second-order valence-electron chi connectivity index (χ2n) is 3.39. The molecule has 5 atom stereocenters. The Morgan fingerprint density at radius 3 is 2.50 bits per heavy atom. The van der Waals surface area contributed by atoms with Crippen LogP contribution in [0.4, 0.5) is 0 Å². The van der Waals surface area contributed by atoms with Crippen LogP contribution in [0, 0.1) is 0 Å². The summed E-state index contributed by atoms with van der Waals surface area (Å²) in [4.78, 5) is 0. The van der Waals surface area contributed by atoms with E-state index in [1.807, 2.05) is 0 Å². The molecule has 0 aromatic carbocycles. The first-order chi connectivity index (χ1) is 6.61. The molecule has 0 amide bonds. The Labute approximate surface area is 82.3 Å². The number of rotatable bonds is 4. The molecular weight excluding hydrogens is 188 g/mol. The van der Waals surface area contributed by atoms with Crippen LogP contribution >= 0.6 is 0 Å². The van der Waals surface area contributed by atoms with Crippen molar-refractivity contribution in [1.82, 2.24) is 0 Å². The average molecular weight is 204 g/mol. The molecule has 1 fully saturated rings. The highest BCUT2D eigenvalue weighted by Crippen LogP contribution is 2.25. The molecule has 5 heteroatoms. The van der Waals surface area contributed by atoms with Crippen molar-refractivity contribution < 1.29 is 25.2 Å². The normalized spacial score (nSPS) is 39.7. The summed E-state index contributed by atoms with van der Waals surface area (Å²) in [6, 6.07) is 0. The zero-order valence-corrected chi connectivity index (χ0v) is 7.78. The molecule has 82 valence electrons. The molecule has 0 radical (unpaired) electrons. The Kier molecular flexibility index (Phi) is 4.03. The van der Waals surface area contributed by atoms with Crippen LogP contribution in [0.15, 0.2) is 12.7 Å². The van der Waals surface area contributed by atoms with Crippen LogP contribution in [-0.4, -0.2) is 57.6 Å². The molecule has 0 aliphatic carbocycles. The van der Waals surface area contributed by atoms with Crippen molar-refractivity contribution in [2.45, 2.75) is 36.9 Å². The summed E-state index contributed by atoms with van der Waals surface area (Å²) in [5.74, 6) is 0. The summed E-state index contributed by atoms with van der Waals surface area (Å²) in [6.07, 6.45) is -2.91. The molecule has 0 saturated carbocycles. The van der Waals surface area contributed by atoms with Gasteiger partial charge in [-0.25, -0.2) is 0 Å². The van der Waals surface area contributed by atoms with Crippen molar-refractivity contribution in [3.05, 3.63) is 12.7 Å². The monoisotopic (exact) mass is 204 g/mol. The lowest BCUT2D eigenvalue weighted by Gasteiger charge is -2.18. The van der Waals surface area contributed by atoms with Crippen LogP contribution in [0.3, 0.4) is 0 Å². The number of hydrogen-bond acceptors (Lipinski definition) is 5. The fourth-order valence-corrected chi connectivity index (χ4v) is 1.56. The summed E-state index contributed by atoms with van der Waals surface area (Å²) < 4.78 is 5.20. The predicted octanol–water partition coefficient (Wildman–Crippen LogP) is -1.60. The minimum atomic E-state index is -1.17. The van der Waals surface area contributed by atoms with Crippen LogP contribution in [0.25, 0.3) is 0 Å². The van der Waals surface area contributed by atoms with Gasteiger partial charge in [-0.2, -0.15) is 0 Å². The van der Waals surface area contributed by atoms with Gasteiger partial charge in [0.05, 0.1) is 12.7 Å². The largest absolute Gasteiger partial charge is 0.394 e. The molecular formula is C9H16O5. The Morgan fingerprint density at radius 2 is 2.00 bits per heavy atom. The first kappa shape index (κ1) is 11.6. The van der Waals surface area contributed by atoms with E-state index in [2.05, 4.69) is 6.58 Å². The van der Waals surface area contributed by atoms with Crippen LogP contribution in [-0.2, 0) is 4.74 Å². The molecule has 0 unspecified atom stereocenters. The molecule has 0 bridgehead atoms. The van der Waals surface area contributed by atoms with Crippen molar-refractivity contribution in [3.8, 4) is 0 Å². The number of aliphatic hydroxyl groups is 4. The third kappa shape index (κ3) is 2.13. The molecule has 1 rings (SSSR count). The molecule has 1 aliphatic rings. The van der Waals surface area contributed by atoms with Gasteiger partial charge in [0.2, 0.25) is 0 Å².